The van der Waals surface area contributed by atoms with E-state index in [1.165, 1.54) is 70.8 Å². The molecule has 0 aliphatic carbocycles. The van der Waals surface area contributed by atoms with E-state index in [2.05, 4.69) is 153 Å². The molecule has 0 bridgehead atoms. The number of benzene rings is 9. The minimum atomic E-state index is -1.44. The molecule has 9 rings (SSSR count). The molecule has 9 aromatic rings. The fraction of sp³-hybridized carbons (Fsp3) is 0.259. The molecule has 8 nitrogen and oxygen atoms in total. The normalized spacial score (nSPS) is 9.58. The van der Waals surface area contributed by atoms with Gasteiger partial charge in [-0.3, -0.25) is 0 Å². The maximum absolute atomic E-state index is 9.44. The SMILES string of the molecule is Brc1cc2ccccc2c2ccccc12.C.CCOCC.CCOCC.COB(OC)OC.O.OB(O)c1cc2ccccc2c2ccccc12.[CH2-]CCC.[Li+].[Li+].[c-]1cc2ccccc2c2ccccc12. The summed E-state index contributed by atoms with van der Waals surface area (Å²) in [6, 6.07) is 58.8. The summed E-state index contributed by atoms with van der Waals surface area (Å²) in [5.41, 5.74) is 0.555. The molecule has 0 aliphatic rings. The summed E-state index contributed by atoms with van der Waals surface area (Å²) in [7, 11) is 2.58. The number of hydrogen-bond acceptors (Lipinski definition) is 7. The van der Waals surface area contributed by atoms with Gasteiger partial charge < -0.3 is 45.9 Å². The quantitative estimate of drug-likeness (QED) is 0.0867. The van der Waals surface area contributed by atoms with Crippen LogP contribution in [-0.2, 0) is 23.4 Å². The Kier molecular flexibility index (Phi) is 39.4. The van der Waals surface area contributed by atoms with Gasteiger partial charge in [-0.05, 0) is 82.3 Å². The standard InChI is InChI=1S/C14H11BO2.C14H9Br.C14H9.2C4H10O.C4H9.C3H9BO3.CH4.2Li.H2O/c16-15(17)14-9-10-5-1-2-6-11(10)12-7-3-4-8-13(12)14;15-14-9-10-5-1-2-6-11(10)12-7-3-4-8-13(12)14;1-3-7-13-11(5-1)9-10-12-6-2-4-8-14(12)13;2*1-3-5-4-2;1-3-4-2;1-5-4(6-2)7-3;;;;/h1-9,16-17H;1-9H;1-9H;2*3-4H2,1-2H3;1,3-4H2,2H3;1-3H3;1H4;;;1H2/q;;-1;;;-1;;;2*+1;. The smallest absolute Gasteiger partial charge is 0.423 e. The van der Waals surface area contributed by atoms with Gasteiger partial charge in [-0.15, -0.1) is 35.0 Å². The van der Waals surface area contributed by atoms with Gasteiger partial charge in [-0.1, -0.05) is 187 Å². The third kappa shape index (κ3) is 22.4. The Hall–Kier alpha value is -3.98. The van der Waals surface area contributed by atoms with Crippen LogP contribution in [0.5, 0.6) is 0 Å². The van der Waals surface area contributed by atoms with Crippen molar-refractivity contribution in [2.75, 3.05) is 47.8 Å². The second-order valence-corrected chi connectivity index (χ2v) is 15.4. The molecule has 71 heavy (non-hydrogen) atoms. The van der Waals surface area contributed by atoms with Gasteiger partial charge in [-0.2, -0.15) is 6.42 Å². The van der Waals surface area contributed by atoms with Crippen LogP contribution in [0.2, 0.25) is 0 Å². The molecular formula is C58H73B2BrLi2O8. The van der Waals surface area contributed by atoms with Crippen LogP contribution in [0, 0.1) is 13.0 Å². The molecule has 13 heteroatoms. The molecule has 0 heterocycles. The van der Waals surface area contributed by atoms with Crippen LogP contribution in [0.3, 0.4) is 0 Å². The van der Waals surface area contributed by atoms with Gasteiger partial charge >= 0.3 is 52.2 Å². The molecule has 368 valence electrons. The average molecular weight is 1010 g/mol. The second kappa shape index (κ2) is 40.5. The van der Waals surface area contributed by atoms with Crippen molar-refractivity contribution in [3.63, 3.8) is 0 Å². The molecule has 0 saturated heterocycles. The van der Waals surface area contributed by atoms with Gasteiger partial charge in [0.25, 0.3) is 0 Å². The summed E-state index contributed by atoms with van der Waals surface area (Å²) in [4.78, 5) is 0. The Bertz CT molecular complexity index is 2710. The van der Waals surface area contributed by atoms with E-state index in [4.69, 9.17) is 9.47 Å². The van der Waals surface area contributed by atoms with Crippen molar-refractivity contribution in [1.82, 2.24) is 0 Å². The van der Waals surface area contributed by atoms with Gasteiger partial charge in [0.2, 0.25) is 0 Å². The van der Waals surface area contributed by atoms with E-state index >= 15 is 0 Å². The topological polar surface area (TPSA) is 118 Å². The first-order valence-corrected chi connectivity index (χ1v) is 23.6. The van der Waals surface area contributed by atoms with Crippen LogP contribution in [0.25, 0.3) is 64.6 Å². The molecule has 0 fully saturated rings. The fourth-order valence-electron chi connectivity index (χ4n) is 6.87. The van der Waals surface area contributed by atoms with Crippen molar-refractivity contribution in [2.24, 2.45) is 0 Å². The summed E-state index contributed by atoms with van der Waals surface area (Å²) in [6.45, 7) is 17.1. The summed E-state index contributed by atoms with van der Waals surface area (Å²) >= 11 is 3.62. The van der Waals surface area contributed by atoms with Crippen LogP contribution in [0.1, 0.15) is 54.9 Å². The van der Waals surface area contributed by atoms with Crippen LogP contribution < -0.4 is 43.2 Å². The number of fused-ring (bicyclic) bond motifs is 9. The molecule has 4 N–H and O–H groups in total. The Morgan fingerprint density at radius 3 is 1.23 bits per heavy atom. The Morgan fingerprint density at radius 1 is 0.493 bits per heavy atom. The molecule has 0 radical (unpaired) electrons. The van der Waals surface area contributed by atoms with Gasteiger partial charge in [0.15, 0.2) is 0 Å². The first-order chi connectivity index (χ1) is 32.7. The van der Waals surface area contributed by atoms with Crippen molar-refractivity contribution in [3.8, 4) is 0 Å². The number of unbranched alkanes of at least 4 members (excludes halogenated alkanes) is 1. The van der Waals surface area contributed by atoms with Gasteiger partial charge in [0.1, 0.15) is 0 Å². The van der Waals surface area contributed by atoms with E-state index in [1.807, 2.05) is 88.4 Å². The number of halogens is 1. The summed E-state index contributed by atoms with van der Waals surface area (Å²) < 4.78 is 24.6. The number of rotatable bonds is 9. The summed E-state index contributed by atoms with van der Waals surface area (Å²) in [5, 5.41) is 33.2. The van der Waals surface area contributed by atoms with Crippen molar-refractivity contribution in [3.05, 3.63) is 181 Å². The molecule has 0 amide bonds. The van der Waals surface area contributed by atoms with E-state index < -0.39 is 14.4 Å². The predicted octanol–water partition coefficient (Wildman–Crippen LogP) is 7.66. The average Bonchev–Trinajstić information content (AvgIpc) is 3.38. The predicted molar refractivity (Wildman–Crippen MR) is 302 cm³/mol. The minimum absolute atomic E-state index is 0. The third-order valence-corrected chi connectivity index (χ3v) is 10.8. The zero-order valence-corrected chi connectivity index (χ0v) is 44.6. The van der Waals surface area contributed by atoms with Crippen molar-refractivity contribution >= 4 is 100 Å². The number of ether oxygens (including phenoxy) is 2. The van der Waals surface area contributed by atoms with Crippen LogP contribution in [0.15, 0.2) is 168 Å². The Morgan fingerprint density at radius 2 is 0.831 bits per heavy atom. The molecular weight excluding hydrogens is 940 g/mol. The summed E-state index contributed by atoms with van der Waals surface area (Å²) in [5.74, 6) is 0. The van der Waals surface area contributed by atoms with Crippen LogP contribution in [-0.4, -0.2) is 77.7 Å². The Balaban J connectivity index is 0. The monoisotopic (exact) mass is 1010 g/mol. The first kappa shape index (κ1) is 69.1. The molecule has 0 spiro atoms. The van der Waals surface area contributed by atoms with Crippen molar-refractivity contribution in [2.45, 2.75) is 54.9 Å². The van der Waals surface area contributed by atoms with Gasteiger partial charge in [-0.25, -0.2) is 0 Å². The first-order valence-electron chi connectivity index (χ1n) is 22.8. The zero-order chi connectivity index (χ0) is 48.8. The van der Waals surface area contributed by atoms with E-state index in [9.17, 15) is 10.0 Å². The van der Waals surface area contributed by atoms with E-state index in [1.54, 1.807) is 0 Å². The maximum Gasteiger partial charge on any atom is 1.00 e. The Labute approximate surface area is 457 Å². The molecule has 0 aliphatic heterocycles. The van der Waals surface area contributed by atoms with Gasteiger partial charge in [0, 0.05) is 52.2 Å². The largest absolute Gasteiger partial charge is 1.00 e. The zero-order valence-electron chi connectivity index (χ0n) is 43.0. The molecule has 0 aromatic heterocycles. The molecule has 0 unspecified atom stereocenters. The van der Waals surface area contributed by atoms with E-state index in [-0.39, 0.29) is 50.6 Å². The van der Waals surface area contributed by atoms with E-state index in [0.29, 0.717) is 5.46 Å². The minimum Gasteiger partial charge on any atom is -0.423 e. The fourth-order valence-corrected chi connectivity index (χ4v) is 7.46. The second-order valence-electron chi connectivity index (χ2n) is 14.6. The van der Waals surface area contributed by atoms with Crippen molar-refractivity contribution in [1.29, 1.82) is 0 Å². The third-order valence-electron chi connectivity index (χ3n) is 10.1. The number of hydrogen-bond donors (Lipinski definition) is 2. The molecule has 0 saturated carbocycles. The van der Waals surface area contributed by atoms with Gasteiger partial charge in [0.05, 0.1) is 0 Å². The molecule has 0 atom stereocenters. The summed E-state index contributed by atoms with van der Waals surface area (Å²) in [6.07, 6.45) is 2.28. The van der Waals surface area contributed by atoms with E-state index in [0.717, 1.165) is 58.9 Å². The van der Waals surface area contributed by atoms with Crippen LogP contribution in [0.4, 0.5) is 0 Å². The maximum atomic E-state index is 9.44. The van der Waals surface area contributed by atoms with Crippen LogP contribution >= 0.6 is 15.9 Å². The van der Waals surface area contributed by atoms with Crippen molar-refractivity contribution < 1.29 is 76.7 Å². The molecule has 9 aromatic carbocycles.